The zero-order valence-corrected chi connectivity index (χ0v) is 58.6. The number of ether oxygens (including phenoxy) is 5. The molecule has 0 aromatic heterocycles. The Morgan fingerprint density at radius 1 is 0.453 bits per heavy atom. The fourth-order valence-electron chi connectivity index (χ4n) is 7.68. The first kappa shape index (κ1) is 97.6. The fourth-order valence-corrected chi connectivity index (χ4v) is 7.68. The van der Waals surface area contributed by atoms with Gasteiger partial charge < -0.3 is 75.8 Å². The first-order valence-electron chi connectivity index (χ1n) is 30.3. The summed E-state index contributed by atoms with van der Waals surface area (Å²) >= 11 is 0. The van der Waals surface area contributed by atoms with Crippen molar-refractivity contribution in [2.24, 2.45) is 0 Å². The van der Waals surface area contributed by atoms with Crippen LogP contribution in [0.5, 0.6) is 0 Å². The number of ketones is 2. The standard InChI is InChI=1S/2C23H49N5O4.C9H22N3O.C4H6O2.2CH4.Y/c2*1-21(2)28(17-11-24-9-15-26(4)13-7-22(3)29)18-12-25-10-16-27(19-20-31-5)14-8-23(30)32-6;1-9(2)12(6-3-10)7-4-11-5-8-13;1-3-4(5)6-2;;;/h2*21,24-25H,7-20H2,1-6H3;9-11,13H,3-8H2,1-2H3;3H,1H2,2H3;2*1H4;/q;;-1;;;;. The molecule has 0 bridgehead atoms. The number of carbonyl (C=O) groups is 5. The van der Waals surface area contributed by atoms with Gasteiger partial charge in [0.1, 0.15) is 11.6 Å². The third kappa shape index (κ3) is 71.0. The molecular weight excluding hydrogens is 1180 g/mol. The monoisotopic (exact) mass is 1310 g/mol. The second kappa shape index (κ2) is 72.0. The van der Waals surface area contributed by atoms with Crippen LogP contribution in [0.4, 0.5) is 0 Å². The van der Waals surface area contributed by atoms with Crippen molar-refractivity contribution in [1.82, 2.24) is 60.9 Å². The molecule has 7 N–H and O–H groups in total. The largest absolute Gasteiger partial charge is 0.676 e. The van der Waals surface area contributed by atoms with Gasteiger partial charge in [-0.2, -0.15) is 0 Å². The number of aliphatic hydroxyl groups is 1. The zero-order valence-electron chi connectivity index (χ0n) is 55.8. The van der Waals surface area contributed by atoms with E-state index in [1.54, 1.807) is 28.1 Å². The molecule has 0 amide bonds. The number of aliphatic hydroxyl groups excluding tert-OH is 1. The summed E-state index contributed by atoms with van der Waals surface area (Å²) in [5.74, 6) is -0.256. The second-order valence-electron chi connectivity index (χ2n) is 21.2. The molecule has 0 aromatic rings. The molecule has 86 heavy (non-hydrogen) atoms. The minimum absolute atomic E-state index is 0. The van der Waals surface area contributed by atoms with Crippen LogP contribution >= 0.6 is 0 Å². The molecule has 0 heterocycles. The molecule has 0 fully saturated rings. The molecule has 0 aliphatic heterocycles. The van der Waals surface area contributed by atoms with E-state index in [2.05, 4.69) is 128 Å². The SMILES string of the molecule is C.C.C=CC(=O)OC.CC(C)N(CC[NH-])CCNCCO.COCCN(CCNCCN(CCNCCN(C)CCC(C)=O)C(C)C)CCC(=O)OC.COCCN(CCNCCN(CCNCCN(C)CCC(C)=O)C(C)C)CCC(=O)OC.[Y]. The Morgan fingerprint density at radius 3 is 1.00 bits per heavy atom. The van der Waals surface area contributed by atoms with Crippen LogP contribution in [-0.4, -0.2) is 333 Å². The van der Waals surface area contributed by atoms with Crippen LogP contribution in [-0.2, 0) is 80.4 Å². The Kier molecular flexibility index (Phi) is 81.7. The van der Waals surface area contributed by atoms with E-state index in [9.17, 15) is 24.0 Å². The van der Waals surface area contributed by atoms with E-state index < -0.39 is 5.97 Å². The predicted octanol–water partition coefficient (Wildman–Crippen LogP) is 2.54. The quantitative estimate of drug-likeness (QED) is 0.0221. The molecule has 0 saturated carbocycles. The minimum atomic E-state index is -0.394. The number of nitrogens with zero attached hydrogens (tertiary/aromatic N) is 7. The molecule has 24 nitrogen and oxygen atoms in total. The number of carbonyl (C=O) groups excluding carboxylic acids is 5. The van der Waals surface area contributed by atoms with E-state index in [1.807, 2.05) is 0 Å². The van der Waals surface area contributed by atoms with Gasteiger partial charge in [0, 0.05) is 248 Å². The van der Waals surface area contributed by atoms with Crippen LogP contribution in [0.25, 0.3) is 5.73 Å². The third-order valence-electron chi connectivity index (χ3n) is 13.3. The average molecular weight is 1310 g/mol. The van der Waals surface area contributed by atoms with Gasteiger partial charge in [0.05, 0.1) is 54.0 Å². The first-order chi connectivity index (χ1) is 39.6. The molecule has 0 saturated heterocycles. The molecule has 1 radical (unpaired) electrons. The Morgan fingerprint density at radius 2 is 0.756 bits per heavy atom. The summed E-state index contributed by atoms with van der Waals surface area (Å²) in [6.07, 6.45) is 3.17. The Bertz CT molecular complexity index is 1440. The van der Waals surface area contributed by atoms with Gasteiger partial charge in [-0.05, 0) is 76.0 Å². The Balaban J connectivity index is -0.000000217. The number of hydrogen-bond acceptors (Lipinski definition) is 23. The maximum absolute atomic E-state index is 11.4. The Hall–Kier alpha value is -2.05. The molecule has 25 heteroatoms. The van der Waals surface area contributed by atoms with Crippen molar-refractivity contribution in [2.45, 2.75) is 114 Å². The van der Waals surface area contributed by atoms with Crippen LogP contribution < -0.4 is 26.6 Å². The van der Waals surface area contributed by atoms with Gasteiger partial charge in [0.2, 0.25) is 0 Å². The third-order valence-corrected chi connectivity index (χ3v) is 13.3. The van der Waals surface area contributed by atoms with Gasteiger partial charge in [0.25, 0.3) is 0 Å². The van der Waals surface area contributed by atoms with E-state index in [1.165, 1.54) is 21.3 Å². The van der Waals surface area contributed by atoms with Crippen molar-refractivity contribution >= 4 is 29.5 Å². The summed E-state index contributed by atoms with van der Waals surface area (Å²) in [5.41, 5.74) is 7.14. The fraction of sp³-hybridized carbons (Fsp3) is 0.885. The molecule has 0 atom stereocenters. The second-order valence-corrected chi connectivity index (χ2v) is 21.2. The maximum atomic E-state index is 11.4. The van der Waals surface area contributed by atoms with Crippen LogP contribution in [0.2, 0.25) is 0 Å². The summed E-state index contributed by atoms with van der Waals surface area (Å²) in [4.78, 5) is 70.8. The van der Waals surface area contributed by atoms with Gasteiger partial charge in [-0.1, -0.05) is 21.4 Å². The number of Topliss-reactive ketones (excluding diaryl/α,β-unsaturated/α-hetero) is 2. The molecule has 0 unspecified atom stereocenters. The minimum Gasteiger partial charge on any atom is -0.676 e. The van der Waals surface area contributed by atoms with Crippen molar-refractivity contribution in [3.8, 4) is 0 Å². The first-order valence-corrected chi connectivity index (χ1v) is 30.3. The van der Waals surface area contributed by atoms with Crippen molar-refractivity contribution in [3.63, 3.8) is 0 Å². The van der Waals surface area contributed by atoms with E-state index in [4.69, 9.17) is 29.8 Å². The number of esters is 3. The number of nitrogens with one attached hydrogen (secondary N) is 6. The van der Waals surface area contributed by atoms with Crippen molar-refractivity contribution in [1.29, 1.82) is 0 Å². The molecule has 0 aliphatic carbocycles. The molecule has 0 rings (SSSR count). The summed E-state index contributed by atoms with van der Waals surface area (Å²) in [7, 11) is 11.7. The van der Waals surface area contributed by atoms with E-state index in [0.29, 0.717) is 83.2 Å². The Labute approximate surface area is 551 Å². The number of rotatable bonds is 53. The topological polar surface area (TPSA) is 258 Å². The van der Waals surface area contributed by atoms with E-state index in [0.717, 1.165) is 157 Å². The van der Waals surface area contributed by atoms with Crippen molar-refractivity contribution < 1.29 is 85.5 Å². The van der Waals surface area contributed by atoms with Gasteiger partial charge >= 0.3 is 17.9 Å². The average Bonchev–Trinajstić information content (AvgIpc) is 3.48. The zero-order chi connectivity index (χ0) is 63.5. The normalized spacial score (nSPS) is 11.0. The van der Waals surface area contributed by atoms with Gasteiger partial charge in [-0.3, -0.25) is 38.8 Å². The van der Waals surface area contributed by atoms with Crippen LogP contribution in [0.3, 0.4) is 0 Å². The van der Waals surface area contributed by atoms with Gasteiger partial charge in [0.15, 0.2) is 0 Å². The molecule has 513 valence electrons. The molecule has 0 spiro atoms. The smallest absolute Gasteiger partial charge is 0.329 e. The molecule has 0 aliphatic rings. The van der Waals surface area contributed by atoms with Crippen LogP contribution in [0.15, 0.2) is 12.7 Å². The molecule has 0 aromatic carbocycles. The molecular formula is C61H134N13O11Y-. The summed E-state index contributed by atoms with van der Waals surface area (Å²) in [6.45, 7) is 44.6. The summed E-state index contributed by atoms with van der Waals surface area (Å²) < 4.78 is 24.0. The van der Waals surface area contributed by atoms with Gasteiger partial charge in [-0.25, -0.2) is 4.79 Å². The number of hydrogen-bond donors (Lipinski definition) is 6. The van der Waals surface area contributed by atoms with Gasteiger partial charge in [-0.15, -0.1) is 6.54 Å². The number of methoxy groups -OCH3 is 5. The van der Waals surface area contributed by atoms with Crippen LogP contribution in [0, 0.1) is 0 Å². The van der Waals surface area contributed by atoms with E-state index >= 15 is 0 Å². The summed E-state index contributed by atoms with van der Waals surface area (Å²) in [6, 6.07) is 1.49. The van der Waals surface area contributed by atoms with E-state index in [-0.39, 0.29) is 77.7 Å². The summed E-state index contributed by atoms with van der Waals surface area (Å²) in [5, 5.41) is 25.7. The van der Waals surface area contributed by atoms with Crippen molar-refractivity contribution in [3.05, 3.63) is 18.4 Å². The number of likely N-dealkylation sites (N-methyl/N-ethyl adjacent to an activating group) is 2. The van der Waals surface area contributed by atoms with Crippen molar-refractivity contribution in [2.75, 3.05) is 246 Å². The van der Waals surface area contributed by atoms with Crippen LogP contribution in [0.1, 0.15) is 95.9 Å². The maximum Gasteiger partial charge on any atom is 0.329 e. The predicted molar refractivity (Wildman–Crippen MR) is 352 cm³/mol.